The van der Waals surface area contributed by atoms with Crippen LogP contribution in [-0.2, 0) is 0 Å². The van der Waals surface area contributed by atoms with Gasteiger partial charge < -0.3 is 0 Å². The number of rotatable bonds is 2. The third-order valence-electron chi connectivity index (χ3n) is 2.56. The molecule has 3 rings (SSSR count). The van der Waals surface area contributed by atoms with Crippen molar-refractivity contribution in [3.63, 3.8) is 0 Å². The van der Waals surface area contributed by atoms with Crippen molar-refractivity contribution in [1.29, 1.82) is 0 Å². The zero-order valence-electron chi connectivity index (χ0n) is 9.68. The summed E-state index contributed by atoms with van der Waals surface area (Å²) in [5, 5.41) is 0.736. The molecule has 0 aliphatic heterocycles. The molecule has 0 spiro atoms. The van der Waals surface area contributed by atoms with Crippen LogP contribution in [0.15, 0.2) is 51.7 Å². The van der Waals surface area contributed by atoms with E-state index in [0.717, 1.165) is 14.9 Å². The number of aryl methyl sites for hydroxylation is 1. The van der Waals surface area contributed by atoms with Crippen LogP contribution in [0.1, 0.15) is 5.56 Å². The van der Waals surface area contributed by atoms with Crippen LogP contribution in [0.3, 0.4) is 0 Å². The van der Waals surface area contributed by atoms with Gasteiger partial charge in [-0.2, -0.15) is 0 Å². The van der Waals surface area contributed by atoms with E-state index in [0.29, 0.717) is 0 Å². The van der Waals surface area contributed by atoms with Gasteiger partial charge in [-0.15, -0.1) is 11.3 Å². The summed E-state index contributed by atoms with van der Waals surface area (Å²) in [4.78, 5) is 5.80. The van der Waals surface area contributed by atoms with E-state index in [4.69, 9.17) is 11.6 Å². The summed E-state index contributed by atoms with van der Waals surface area (Å²) in [5.74, 6) is 0. The fraction of sp³-hybridized carbons (Fsp3) is 0.0714. The first kappa shape index (κ1) is 12.0. The first-order valence-electron chi connectivity index (χ1n) is 5.51. The van der Waals surface area contributed by atoms with E-state index in [1.807, 2.05) is 18.2 Å². The number of halogens is 1. The van der Waals surface area contributed by atoms with Crippen LogP contribution in [0.25, 0.3) is 10.2 Å². The fourth-order valence-electron chi connectivity index (χ4n) is 1.63. The Balaban J connectivity index is 1.92. The monoisotopic (exact) mass is 291 g/mol. The van der Waals surface area contributed by atoms with Gasteiger partial charge >= 0.3 is 0 Å². The van der Waals surface area contributed by atoms with Gasteiger partial charge in [0.25, 0.3) is 0 Å². The number of fused-ring (bicyclic) bond motifs is 1. The van der Waals surface area contributed by atoms with Gasteiger partial charge in [0, 0.05) is 9.92 Å². The zero-order chi connectivity index (χ0) is 12.5. The van der Waals surface area contributed by atoms with Crippen molar-refractivity contribution in [2.75, 3.05) is 0 Å². The predicted octanol–water partition coefficient (Wildman–Crippen LogP) is 5.41. The van der Waals surface area contributed by atoms with E-state index < -0.39 is 0 Å². The fourth-order valence-corrected chi connectivity index (χ4v) is 3.82. The summed E-state index contributed by atoms with van der Waals surface area (Å²) >= 11 is 9.35. The van der Waals surface area contributed by atoms with Crippen molar-refractivity contribution in [2.45, 2.75) is 16.2 Å². The lowest BCUT2D eigenvalue weighted by Gasteiger charge is -1.97. The van der Waals surface area contributed by atoms with Gasteiger partial charge in [-0.25, -0.2) is 4.98 Å². The molecule has 0 radical (unpaired) electrons. The van der Waals surface area contributed by atoms with E-state index in [9.17, 15) is 0 Å². The van der Waals surface area contributed by atoms with E-state index in [1.54, 1.807) is 23.1 Å². The maximum Gasteiger partial charge on any atom is 0.155 e. The molecule has 0 saturated heterocycles. The molecule has 0 bridgehead atoms. The summed E-state index contributed by atoms with van der Waals surface area (Å²) in [6.45, 7) is 2.09. The van der Waals surface area contributed by atoms with Crippen molar-refractivity contribution >= 4 is 44.9 Å². The van der Waals surface area contributed by atoms with Gasteiger partial charge in [0.2, 0.25) is 0 Å². The van der Waals surface area contributed by atoms with Crippen LogP contribution >= 0.6 is 34.7 Å². The molecular formula is C14H10ClNS2. The topological polar surface area (TPSA) is 12.9 Å². The SMILES string of the molecule is Cc1ccc(Sc2nc3cc(Cl)ccc3s2)cc1. The maximum absolute atomic E-state index is 5.96. The second kappa shape index (κ2) is 4.92. The first-order valence-corrected chi connectivity index (χ1v) is 7.52. The van der Waals surface area contributed by atoms with Crippen molar-refractivity contribution in [3.05, 3.63) is 53.1 Å². The van der Waals surface area contributed by atoms with E-state index in [-0.39, 0.29) is 0 Å². The molecule has 1 aromatic heterocycles. The van der Waals surface area contributed by atoms with Crippen molar-refractivity contribution in [3.8, 4) is 0 Å². The Labute approximate surface area is 119 Å². The van der Waals surface area contributed by atoms with Crippen molar-refractivity contribution in [2.24, 2.45) is 0 Å². The molecular weight excluding hydrogens is 282 g/mol. The van der Waals surface area contributed by atoms with Crippen LogP contribution in [0, 0.1) is 6.92 Å². The molecule has 0 fully saturated rings. The number of aromatic nitrogens is 1. The average Bonchev–Trinajstić information content (AvgIpc) is 2.73. The smallest absolute Gasteiger partial charge is 0.155 e. The van der Waals surface area contributed by atoms with Gasteiger partial charge in [-0.1, -0.05) is 41.1 Å². The predicted molar refractivity (Wildman–Crippen MR) is 79.9 cm³/mol. The minimum absolute atomic E-state index is 0.736. The Bertz CT molecular complexity index is 689. The van der Waals surface area contributed by atoms with Crippen molar-refractivity contribution < 1.29 is 0 Å². The quantitative estimate of drug-likeness (QED) is 0.626. The Morgan fingerprint density at radius 3 is 2.67 bits per heavy atom. The number of nitrogens with zero attached hydrogens (tertiary/aromatic N) is 1. The minimum Gasteiger partial charge on any atom is -0.229 e. The zero-order valence-corrected chi connectivity index (χ0v) is 12.1. The lowest BCUT2D eigenvalue weighted by Crippen LogP contribution is -1.74. The largest absolute Gasteiger partial charge is 0.229 e. The van der Waals surface area contributed by atoms with Crippen LogP contribution in [-0.4, -0.2) is 4.98 Å². The molecule has 4 heteroatoms. The molecule has 0 N–H and O–H groups in total. The standard InChI is InChI=1S/C14H10ClNS2/c1-9-2-5-11(6-3-9)17-14-16-12-8-10(15)4-7-13(12)18-14/h2-8H,1H3. The van der Waals surface area contributed by atoms with Gasteiger partial charge in [0.05, 0.1) is 10.2 Å². The molecule has 0 aliphatic carbocycles. The molecule has 18 heavy (non-hydrogen) atoms. The lowest BCUT2D eigenvalue weighted by atomic mass is 10.2. The van der Waals surface area contributed by atoms with Gasteiger partial charge in [0.1, 0.15) is 0 Å². The molecule has 1 nitrogen and oxygen atoms in total. The molecule has 0 amide bonds. The summed E-state index contributed by atoms with van der Waals surface area (Å²) in [7, 11) is 0. The van der Waals surface area contributed by atoms with Crippen LogP contribution in [0.4, 0.5) is 0 Å². The molecule has 0 unspecified atom stereocenters. The second-order valence-electron chi connectivity index (χ2n) is 4.01. The van der Waals surface area contributed by atoms with E-state index >= 15 is 0 Å². The molecule has 90 valence electrons. The summed E-state index contributed by atoms with van der Waals surface area (Å²) in [6, 6.07) is 14.3. The van der Waals surface area contributed by atoms with E-state index in [2.05, 4.69) is 36.2 Å². The number of hydrogen-bond acceptors (Lipinski definition) is 3. The Morgan fingerprint density at radius 2 is 1.89 bits per heavy atom. The Hall–Kier alpha value is -1.03. The second-order valence-corrected chi connectivity index (χ2v) is 6.79. The normalized spacial score (nSPS) is 11.0. The van der Waals surface area contributed by atoms with Crippen LogP contribution in [0.2, 0.25) is 5.02 Å². The minimum atomic E-state index is 0.736. The Kier molecular flexibility index (Phi) is 3.29. The van der Waals surface area contributed by atoms with Crippen LogP contribution < -0.4 is 0 Å². The van der Waals surface area contributed by atoms with Gasteiger partial charge in [-0.05, 0) is 37.3 Å². The highest BCUT2D eigenvalue weighted by atomic mass is 35.5. The van der Waals surface area contributed by atoms with Crippen molar-refractivity contribution in [1.82, 2.24) is 4.98 Å². The number of benzene rings is 2. The third kappa shape index (κ3) is 2.53. The first-order chi connectivity index (χ1) is 8.70. The van der Waals surface area contributed by atoms with Gasteiger partial charge in [0.15, 0.2) is 4.34 Å². The maximum atomic E-state index is 5.96. The Morgan fingerprint density at radius 1 is 1.11 bits per heavy atom. The highest BCUT2D eigenvalue weighted by Gasteiger charge is 2.06. The molecule has 1 heterocycles. The average molecular weight is 292 g/mol. The van der Waals surface area contributed by atoms with Gasteiger partial charge in [-0.3, -0.25) is 0 Å². The highest BCUT2D eigenvalue weighted by molar-refractivity contribution is 8.01. The summed E-state index contributed by atoms with van der Waals surface area (Å²) < 4.78 is 2.23. The third-order valence-corrected chi connectivity index (χ3v) is 4.90. The summed E-state index contributed by atoms with van der Waals surface area (Å²) in [6.07, 6.45) is 0. The lowest BCUT2D eigenvalue weighted by molar-refractivity contribution is 1.29. The highest BCUT2D eigenvalue weighted by Crippen LogP contribution is 2.35. The number of hydrogen-bond donors (Lipinski definition) is 0. The molecule has 2 aromatic carbocycles. The van der Waals surface area contributed by atoms with E-state index in [1.165, 1.54) is 15.2 Å². The summed E-state index contributed by atoms with van der Waals surface area (Å²) in [5.41, 5.74) is 2.25. The molecule has 0 atom stereocenters. The molecule has 0 saturated carbocycles. The van der Waals surface area contributed by atoms with Crippen LogP contribution in [0.5, 0.6) is 0 Å². The molecule has 3 aromatic rings. The molecule has 0 aliphatic rings. The number of thiazole rings is 1.